The molecule has 0 atom stereocenters. The van der Waals surface area contributed by atoms with Crippen molar-refractivity contribution in [1.82, 2.24) is 9.88 Å². The van der Waals surface area contributed by atoms with Gasteiger partial charge < -0.3 is 14.2 Å². The average molecular weight is 398 g/mol. The Morgan fingerprint density at radius 1 is 1.07 bits per heavy atom. The Labute approximate surface area is 175 Å². The highest BCUT2D eigenvalue weighted by molar-refractivity contribution is 5.94. The summed E-state index contributed by atoms with van der Waals surface area (Å²) in [7, 11) is 0. The predicted octanol–water partition coefficient (Wildman–Crippen LogP) is 3.99. The number of aryl methyl sites for hydroxylation is 1. The number of aromatic nitrogens is 1. The lowest BCUT2D eigenvalue weighted by atomic mass is 10.1. The largest absolute Gasteiger partial charge is 0.420 e. The maximum Gasteiger partial charge on any atom is 0.253 e. The van der Waals surface area contributed by atoms with E-state index in [1.165, 1.54) is 0 Å². The van der Waals surface area contributed by atoms with Gasteiger partial charge in [0.1, 0.15) is 6.07 Å². The van der Waals surface area contributed by atoms with E-state index in [-0.39, 0.29) is 11.6 Å². The summed E-state index contributed by atoms with van der Waals surface area (Å²) in [6.07, 6.45) is 3.66. The van der Waals surface area contributed by atoms with Crippen molar-refractivity contribution >= 4 is 23.9 Å². The van der Waals surface area contributed by atoms with E-state index in [0.29, 0.717) is 43.5 Å². The molecule has 1 amide bonds. The minimum absolute atomic E-state index is 0.0305. The molecule has 1 aromatic heterocycles. The third-order valence-electron chi connectivity index (χ3n) is 5.07. The normalized spacial score (nSPS) is 14.1. The molecule has 2 aromatic carbocycles. The number of carbonyl (C=O) groups excluding carboxylic acids is 1. The van der Waals surface area contributed by atoms with Gasteiger partial charge in [-0.15, -0.1) is 0 Å². The van der Waals surface area contributed by atoms with Crippen LogP contribution in [0.5, 0.6) is 0 Å². The van der Waals surface area contributed by atoms with Crippen molar-refractivity contribution < 1.29 is 9.21 Å². The van der Waals surface area contributed by atoms with E-state index in [2.05, 4.69) is 11.1 Å². The number of hydrogen-bond donors (Lipinski definition) is 0. The van der Waals surface area contributed by atoms with Gasteiger partial charge in [-0.2, -0.15) is 10.2 Å². The number of benzene rings is 2. The zero-order valence-electron chi connectivity index (χ0n) is 16.8. The zero-order valence-corrected chi connectivity index (χ0v) is 16.8. The van der Waals surface area contributed by atoms with Gasteiger partial charge in [0.2, 0.25) is 17.5 Å². The van der Waals surface area contributed by atoms with Crippen LogP contribution < -0.4 is 4.90 Å². The smallest absolute Gasteiger partial charge is 0.253 e. The summed E-state index contributed by atoms with van der Waals surface area (Å²) in [5.41, 5.74) is 3.06. The van der Waals surface area contributed by atoms with Crippen LogP contribution in [0.1, 0.15) is 33.1 Å². The minimum Gasteiger partial charge on any atom is -0.420 e. The Morgan fingerprint density at radius 3 is 2.53 bits per heavy atom. The number of oxazole rings is 1. The summed E-state index contributed by atoms with van der Waals surface area (Å²) in [6.45, 7) is 4.28. The highest BCUT2D eigenvalue weighted by Gasteiger charge is 2.26. The number of hydrogen-bond acceptors (Lipinski definition) is 5. The number of nitriles is 1. The molecule has 0 aliphatic carbocycles. The molecule has 0 saturated carbocycles. The first-order chi connectivity index (χ1) is 14.6. The second-order valence-electron chi connectivity index (χ2n) is 7.21. The lowest BCUT2D eigenvalue weighted by Crippen LogP contribution is -2.48. The molecule has 30 heavy (non-hydrogen) atoms. The van der Waals surface area contributed by atoms with Gasteiger partial charge in [-0.05, 0) is 30.7 Å². The number of piperazine rings is 1. The maximum absolute atomic E-state index is 12.8. The first-order valence-electron chi connectivity index (χ1n) is 9.89. The summed E-state index contributed by atoms with van der Waals surface area (Å²) >= 11 is 0. The number of nitrogens with zero attached hydrogens (tertiary/aromatic N) is 4. The van der Waals surface area contributed by atoms with Gasteiger partial charge in [-0.1, -0.05) is 48.0 Å². The third kappa shape index (κ3) is 4.26. The molecule has 150 valence electrons. The molecular weight excluding hydrogens is 376 g/mol. The fraction of sp³-hybridized carbons (Fsp3) is 0.208. The number of rotatable bonds is 4. The fourth-order valence-electron chi connectivity index (χ4n) is 3.49. The van der Waals surface area contributed by atoms with E-state index >= 15 is 0 Å². The summed E-state index contributed by atoms with van der Waals surface area (Å²) in [4.78, 5) is 20.9. The van der Waals surface area contributed by atoms with Crippen LogP contribution in [0.15, 0.2) is 59.0 Å². The van der Waals surface area contributed by atoms with Crippen LogP contribution in [-0.4, -0.2) is 42.0 Å². The molecule has 0 N–H and O–H groups in total. The zero-order chi connectivity index (χ0) is 20.9. The molecule has 4 rings (SSSR count). The van der Waals surface area contributed by atoms with Crippen LogP contribution in [0.25, 0.3) is 12.2 Å². The number of carbonyl (C=O) groups is 1. The first kappa shape index (κ1) is 19.5. The fourth-order valence-corrected chi connectivity index (χ4v) is 3.49. The SMILES string of the molecule is Cc1cccc(C(=O)N2CCN(c3oc(/C=C/c4ccccc4)nc3C#N)CC2)c1. The van der Waals surface area contributed by atoms with Gasteiger partial charge >= 0.3 is 0 Å². The molecule has 2 heterocycles. The molecule has 0 radical (unpaired) electrons. The van der Waals surface area contributed by atoms with Crippen molar-refractivity contribution in [1.29, 1.82) is 5.26 Å². The van der Waals surface area contributed by atoms with E-state index in [1.54, 1.807) is 6.08 Å². The van der Waals surface area contributed by atoms with E-state index in [4.69, 9.17) is 4.42 Å². The van der Waals surface area contributed by atoms with Gasteiger partial charge in [-0.25, -0.2) is 0 Å². The van der Waals surface area contributed by atoms with Crippen LogP contribution in [0.4, 0.5) is 5.88 Å². The predicted molar refractivity (Wildman–Crippen MR) is 116 cm³/mol. The molecule has 1 aliphatic rings. The second kappa shape index (κ2) is 8.66. The summed E-state index contributed by atoms with van der Waals surface area (Å²) in [5.74, 6) is 0.888. The molecule has 1 fully saturated rings. The molecule has 0 spiro atoms. The van der Waals surface area contributed by atoms with Crippen molar-refractivity contribution in [2.45, 2.75) is 6.92 Å². The Kier molecular flexibility index (Phi) is 5.62. The topological polar surface area (TPSA) is 73.4 Å². The molecular formula is C24H22N4O2. The summed E-state index contributed by atoms with van der Waals surface area (Å²) in [6, 6.07) is 19.6. The minimum atomic E-state index is 0.0305. The average Bonchev–Trinajstić information content (AvgIpc) is 3.21. The molecule has 0 unspecified atom stereocenters. The third-order valence-corrected chi connectivity index (χ3v) is 5.07. The first-order valence-corrected chi connectivity index (χ1v) is 9.89. The molecule has 6 nitrogen and oxygen atoms in total. The van der Waals surface area contributed by atoms with E-state index in [9.17, 15) is 10.1 Å². The number of amides is 1. The Balaban J connectivity index is 1.44. The Hall–Kier alpha value is -3.85. The molecule has 3 aromatic rings. The quantitative estimate of drug-likeness (QED) is 0.664. The lowest BCUT2D eigenvalue weighted by molar-refractivity contribution is 0.0745. The van der Waals surface area contributed by atoms with Gasteiger partial charge in [0.05, 0.1) is 0 Å². The van der Waals surface area contributed by atoms with Crippen LogP contribution in [-0.2, 0) is 0 Å². The van der Waals surface area contributed by atoms with Crippen molar-refractivity contribution in [3.05, 3.63) is 82.9 Å². The van der Waals surface area contributed by atoms with Crippen LogP contribution in [0.2, 0.25) is 0 Å². The Morgan fingerprint density at radius 2 is 1.83 bits per heavy atom. The number of anilines is 1. The molecule has 0 bridgehead atoms. The molecule has 1 saturated heterocycles. The van der Waals surface area contributed by atoms with Gasteiger partial charge in [0.15, 0.2) is 0 Å². The standard InChI is InChI=1S/C24H22N4O2/c1-18-6-5-9-20(16-18)23(29)27-12-14-28(15-13-27)24-21(17-25)26-22(30-24)11-10-19-7-3-2-4-8-19/h2-11,16H,12-15H2,1H3/b11-10+. The van der Waals surface area contributed by atoms with Crippen molar-refractivity contribution in [3.8, 4) is 6.07 Å². The van der Waals surface area contributed by atoms with Crippen LogP contribution >= 0.6 is 0 Å². The van der Waals surface area contributed by atoms with Gasteiger partial charge in [-0.3, -0.25) is 4.79 Å². The highest BCUT2D eigenvalue weighted by atomic mass is 16.4. The second-order valence-corrected chi connectivity index (χ2v) is 7.21. The van der Waals surface area contributed by atoms with Crippen LogP contribution in [0, 0.1) is 18.3 Å². The lowest BCUT2D eigenvalue weighted by Gasteiger charge is -2.34. The summed E-state index contributed by atoms with van der Waals surface area (Å²) < 4.78 is 5.87. The molecule has 1 aliphatic heterocycles. The van der Waals surface area contributed by atoms with Crippen molar-refractivity contribution in [2.24, 2.45) is 0 Å². The molecule has 6 heteroatoms. The summed E-state index contributed by atoms with van der Waals surface area (Å²) in [5, 5.41) is 9.47. The van der Waals surface area contributed by atoms with Gasteiger partial charge in [0, 0.05) is 37.8 Å². The highest BCUT2D eigenvalue weighted by Crippen LogP contribution is 2.24. The van der Waals surface area contributed by atoms with E-state index in [1.807, 2.05) is 77.4 Å². The Bertz CT molecular complexity index is 1100. The van der Waals surface area contributed by atoms with Crippen molar-refractivity contribution in [2.75, 3.05) is 31.1 Å². The van der Waals surface area contributed by atoms with E-state index < -0.39 is 0 Å². The monoisotopic (exact) mass is 398 g/mol. The van der Waals surface area contributed by atoms with E-state index in [0.717, 1.165) is 11.1 Å². The van der Waals surface area contributed by atoms with Crippen molar-refractivity contribution in [3.63, 3.8) is 0 Å². The van der Waals surface area contributed by atoms with Gasteiger partial charge in [0.25, 0.3) is 5.91 Å². The van der Waals surface area contributed by atoms with Crippen LogP contribution in [0.3, 0.4) is 0 Å². The maximum atomic E-state index is 12.8.